The zero-order chi connectivity index (χ0) is 26.5. The quantitative estimate of drug-likeness (QED) is 0.319. The number of fused-ring (bicyclic) bond motifs is 3. The van der Waals surface area contributed by atoms with Crippen LogP contribution in [0.1, 0.15) is 53.5 Å². The Labute approximate surface area is 224 Å². The lowest BCUT2D eigenvalue weighted by molar-refractivity contribution is 0.0557. The molecule has 2 aliphatic heterocycles. The SMILES string of the molecule is NCc1c([C@@H]2C[C@H]3CC[C@@H](C2)N3C(=O)c2nnc[nH]2)nc2c(-c3ccc(-c4ccccc4)nc3)cnn2c1N. The summed E-state index contributed by atoms with van der Waals surface area (Å²) >= 11 is 0. The molecule has 2 bridgehead atoms. The van der Waals surface area contributed by atoms with E-state index in [9.17, 15) is 4.79 Å². The van der Waals surface area contributed by atoms with E-state index in [-0.39, 0.29) is 36.3 Å². The smallest absolute Gasteiger partial charge is 0.292 e. The molecular formula is C28H28N10O. The molecule has 6 heterocycles. The molecule has 2 saturated heterocycles. The molecule has 3 atom stereocenters. The molecule has 1 amide bonds. The van der Waals surface area contributed by atoms with Crippen LogP contribution in [0.4, 0.5) is 5.82 Å². The van der Waals surface area contributed by atoms with Gasteiger partial charge in [-0.15, -0.1) is 10.2 Å². The number of aromatic amines is 1. The number of amides is 1. The van der Waals surface area contributed by atoms with E-state index in [4.69, 9.17) is 16.5 Å². The number of piperidine rings is 1. The highest BCUT2D eigenvalue weighted by atomic mass is 16.2. The third-order valence-corrected chi connectivity index (χ3v) is 8.14. The number of benzene rings is 1. The first-order chi connectivity index (χ1) is 19.1. The van der Waals surface area contributed by atoms with Gasteiger partial charge < -0.3 is 21.4 Å². The molecule has 11 heteroatoms. The van der Waals surface area contributed by atoms with E-state index in [1.165, 1.54) is 6.33 Å². The molecule has 0 aliphatic carbocycles. The third kappa shape index (κ3) is 3.85. The lowest BCUT2D eigenvalue weighted by Gasteiger charge is -2.38. The Bertz CT molecular complexity index is 1630. The Morgan fingerprint density at radius 1 is 1.03 bits per heavy atom. The summed E-state index contributed by atoms with van der Waals surface area (Å²) in [6.07, 6.45) is 8.56. The summed E-state index contributed by atoms with van der Waals surface area (Å²) in [6.45, 7) is 0.263. The fourth-order valence-electron chi connectivity index (χ4n) is 6.31. The number of rotatable bonds is 5. The van der Waals surface area contributed by atoms with Gasteiger partial charge in [0.1, 0.15) is 12.1 Å². The van der Waals surface area contributed by atoms with Gasteiger partial charge in [-0.2, -0.15) is 9.61 Å². The second kappa shape index (κ2) is 9.28. The summed E-state index contributed by atoms with van der Waals surface area (Å²) in [7, 11) is 0. The summed E-state index contributed by atoms with van der Waals surface area (Å²) in [4.78, 5) is 27.8. The topological polar surface area (TPSA) is 157 Å². The van der Waals surface area contributed by atoms with Crippen LogP contribution < -0.4 is 11.5 Å². The monoisotopic (exact) mass is 520 g/mol. The molecule has 5 aromatic rings. The number of anilines is 1. The van der Waals surface area contributed by atoms with E-state index < -0.39 is 0 Å². The Morgan fingerprint density at radius 3 is 2.49 bits per heavy atom. The molecule has 0 unspecified atom stereocenters. The molecular weight excluding hydrogens is 492 g/mol. The van der Waals surface area contributed by atoms with Gasteiger partial charge in [0.25, 0.3) is 5.91 Å². The summed E-state index contributed by atoms with van der Waals surface area (Å²) in [5.74, 6) is 0.830. The van der Waals surface area contributed by atoms with Gasteiger partial charge in [-0.05, 0) is 31.7 Å². The molecule has 5 N–H and O–H groups in total. The van der Waals surface area contributed by atoms with E-state index in [1.54, 1.807) is 10.7 Å². The molecule has 7 rings (SSSR count). The number of carbonyl (C=O) groups is 1. The normalized spacial score (nSPS) is 20.5. The summed E-state index contributed by atoms with van der Waals surface area (Å²) in [6, 6.07) is 14.3. The van der Waals surface area contributed by atoms with Gasteiger partial charge in [-0.25, -0.2) is 4.98 Å². The second-order valence-corrected chi connectivity index (χ2v) is 10.3. The van der Waals surface area contributed by atoms with Gasteiger partial charge >= 0.3 is 0 Å². The van der Waals surface area contributed by atoms with Crippen molar-refractivity contribution in [3.63, 3.8) is 0 Å². The maximum Gasteiger partial charge on any atom is 0.292 e. The van der Waals surface area contributed by atoms with Crippen LogP contribution in [0.25, 0.3) is 28.0 Å². The minimum absolute atomic E-state index is 0.0926. The van der Waals surface area contributed by atoms with Crippen molar-refractivity contribution in [3.05, 3.63) is 78.3 Å². The number of nitrogens with one attached hydrogen (secondary N) is 1. The minimum atomic E-state index is -0.0926. The van der Waals surface area contributed by atoms with Gasteiger partial charge in [-0.1, -0.05) is 36.4 Å². The van der Waals surface area contributed by atoms with Crippen molar-refractivity contribution in [3.8, 4) is 22.4 Å². The predicted molar refractivity (Wildman–Crippen MR) is 145 cm³/mol. The highest BCUT2D eigenvalue weighted by molar-refractivity contribution is 5.91. The lowest BCUT2D eigenvalue weighted by atomic mass is 9.85. The van der Waals surface area contributed by atoms with E-state index >= 15 is 0 Å². The molecule has 11 nitrogen and oxygen atoms in total. The fraction of sp³-hybridized carbons (Fsp3) is 0.286. The Balaban J connectivity index is 1.24. The van der Waals surface area contributed by atoms with Crippen molar-refractivity contribution in [2.75, 3.05) is 5.73 Å². The largest absolute Gasteiger partial charge is 0.383 e. The standard InChI is InChI=1S/C28H28N10O/c29-12-21-24(18-10-19-7-8-20(11-18)37(19)28(39)26-32-15-33-36-26)35-27-22(14-34-38(27)25(21)30)17-6-9-23(31-13-17)16-4-2-1-3-5-16/h1-6,9,13-15,18-20H,7-8,10-12,29-30H2,(H,32,33,36)/t18-,19-,20+. The lowest BCUT2D eigenvalue weighted by Crippen LogP contribution is -2.46. The molecule has 0 saturated carbocycles. The molecule has 196 valence electrons. The van der Waals surface area contributed by atoms with Crippen LogP contribution in [0.2, 0.25) is 0 Å². The van der Waals surface area contributed by atoms with Crippen LogP contribution in [-0.4, -0.2) is 57.7 Å². The third-order valence-electron chi connectivity index (χ3n) is 8.14. The maximum absolute atomic E-state index is 13.1. The molecule has 0 radical (unpaired) electrons. The van der Waals surface area contributed by atoms with Crippen molar-refractivity contribution in [1.29, 1.82) is 0 Å². The number of aromatic nitrogens is 7. The number of carbonyl (C=O) groups excluding carboxylic acids is 1. The Hall–Kier alpha value is -4.64. The van der Waals surface area contributed by atoms with Crippen LogP contribution in [0.3, 0.4) is 0 Å². The number of nitrogens with zero attached hydrogens (tertiary/aromatic N) is 7. The number of hydrogen-bond donors (Lipinski definition) is 3. The average Bonchev–Trinajstić information content (AvgIpc) is 3.72. The van der Waals surface area contributed by atoms with Gasteiger partial charge in [0, 0.05) is 53.0 Å². The van der Waals surface area contributed by atoms with Crippen molar-refractivity contribution >= 4 is 17.4 Å². The number of nitrogens with two attached hydrogens (primary N) is 2. The minimum Gasteiger partial charge on any atom is -0.383 e. The average molecular weight is 521 g/mol. The van der Waals surface area contributed by atoms with Gasteiger partial charge in [-0.3, -0.25) is 9.78 Å². The maximum atomic E-state index is 13.1. The van der Waals surface area contributed by atoms with E-state index in [0.717, 1.165) is 59.3 Å². The zero-order valence-corrected chi connectivity index (χ0v) is 21.2. The molecule has 4 aromatic heterocycles. The molecule has 2 aliphatic rings. The van der Waals surface area contributed by atoms with Crippen LogP contribution >= 0.6 is 0 Å². The van der Waals surface area contributed by atoms with Gasteiger partial charge in [0.05, 0.1) is 17.6 Å². The molecule has 2 fully saturated rings. The zero-order valence-electron chi connectivity index (χ0n) is 21.2. The molecule has 0 spiro atoms. The first kappa shape index (κ1) is 23.5. The number of nitrogen functional groups attached to an aromatic ring is 1. The van der Waals surface area contributed by atoms with E-state index in [2.05, 4.69) is 25.3 Å². The van der Waals surface area contributed by atoms with E-state index in [1.807, 2.05) is 53.6 Å². The van der Waals surface area contributed by atoms with Gasteiger partial charge in [0.2, 0.25) is 5.82 Å². The van der Waals surface area contributed by atoms with Crippen LogP contribution in [0.15, 0.2) is 61.2 Å². The summed E-state index contributed by atoms with van der Waals surface area (Å²) < 4.78 is 1.67. The van der Waals surface area contributed by atoms with E-state index in [0.29, 0.717) is 11.5 Å². The number of pyridine rings is 1. The van der Waals surface area contributed by atoms with Crippen LogP contribution in [0.5, 0.6) is 0 Å². The first-order valence-electron chi connectivity index (χ1n) is 13.2. The Kier molecular flexibility index (Phi) is 5.58. The van der Waals surface area contributed by atoms with Crippen molar-refractivity contribution in [2.24, 2.45) is 5.73 Å². The van der Waals surface area contributed by atoms with Crippen molar-refractivity contribution in [2.45, 2.75) is 50.2 Å². The summed E-state index contributed by atoms with van der Waals surface area (Å²) in [5, 5.41) is 12.3. The number of H-pyrrole nitrogens is 1. The summed E-state index contributed by atoms with van der Waals surface area (Å²) in [5.41, 5.74) is 19.0. The predicted octanol–water partition coefficient (Wildman–Crippen LogP) is 3.17. The fourth-order valence-corrected chi connectivity index (χ4v) is 6.31. The number of hydrogen-bond acceptors (Lipinski definition) is 8. The molecule has 1 aromatic carbocycles. The first-order valence-corrected chi connectivity index (χ1v) is 13.2. The van der Waals surface area contributed by atoms with Crippen molar-refractivity contribution < 1.29 is 4.79 Å². The Morgan fingerprint density at radius 2 is 1.82 bits per heavy atom. The highest BCUT2D eigenvalue weighted by Gasteiger charge is 2.45. The highest BCUT2D eigenvalue weighted by Crippen LogP contribution is 2.44. The van der Waals surface area contributed by atoms with Crippen LogP contribution in [-0.2, 0) is 6.54 Å². The van der Waals surface area contributed by atoms with Crippen LogP contribution in [0, 0.1) is 0 Å². The molecule has 39 heavy (non-hydrogen) atoms. The van der Waals surface area contributed by atoms with Crippen molar-refractivity contribution in [1.82, 2.24) is 39.7 Å². The van der Waals surface area contributed by atoms with Gasteiger partial charge in [0.15, 0.2) is 5.65 Å². The second-order valence-electron chi connectivity index (χ2n) is 10.3.